The average Bonchev–Trinajstić information content (AvgIpc) is 2.57. The number of nitrogens with one attached hydrogen (secondary N) is 2. The Morgan fingerprint density at radius 1 is 1.23 bits per heavy atom. The third-order valence-corrected chi connectivity index (χ3v) is 2.92. The summed E-state index contributed by atoms with van der Waals surface area (Å²) in [4.78, 5) is 20.0. The standard InChI is InChI=1S/C16H15N5O/c1-12(13-6-3-2-4-7-13)21-15(22)14(10-17)11-20-16-18-8-5-9-19-16/h2-9,11-12H,1H3,(H,21,22)(H,18,19,20)/b14-11-. The maximum Gasteiger partial charge on any atom is 0.263 e. The lowest BCUT2D eigenvalue weighted by molar-refractivity contribution is -0.117. The van der Waals surface area contributed by atoms with Gasteiger partial charge in [0.1, 0.15) is 11.6 Å². The van der Waals surface area contributed by atoms with Crippen molar-refractivity contribution in [2.45, 2.75) is 13.0 Å². The second-order valence-corrected chi connectivity index (χ2v) is 4.49. The number of nitrogens with zero attached hydrogens (tertiary/aromatic N) is 3. The highest BCUT2D eigenvalue weighted by Crippen LogP contribution is 2.11. The monoisotopic (exact) mass is 293 g/mol. The van der Waals surface area contributed by atoms with Gasteiger partial charge in [-0.05, 0) is 18.6 Å². The molecule has 0 aliphatic rings. The van der Waals surface area contributed by atoms with Crippen molar-refractivity contribution in [1.29, 1.82) is 5.26 Å². The van der Waals surface area contributed by atoms with E-state index >= 15 is 0 Å². The number of anilines is 1. The summed E-state index contributed by atoms with van der Waals surface area (Å²) in [5.74, 6) is -0.138. The number of hydrogen-bond donors (Lipinski definition) is 2. The summed E-state index contributed by atoms with van der Waals surface area (Å²) >= 11 is 0. The fraction of sp³-hybridized carbons (Fsp3) is 0.125. The molecule has 2 rings (SSSR count). The van der Waals surface area contributed by atoms with Crippen LogP contribution in [-0.2, 0) is 4.79 Å². The predicted octanol–water partition coefficient (Wildman–Crippen LogP) is 2.17. The zero-order valence-electron chi connectivity index (χ0n) is 12.0. The zero-order chi connectivity index (χ0) is 15.8. The summed E-state index contributed by atoms with van der Waals surface area (Å²) in [5.41, 5.74) is 0.919. The average molecular weight is 293 g/mol. The van der Waals surface area contributed by atoms with Crippen molar-refractivity contribution in [2.75, 3.05) is 5.32 Å². The van der Waals surface area contributed by atoms with Gasteiger partial charge in [0, 0.05) is 18.6 Å². The number of carbonyl (C=O) groups is 1. The largest absolute Gasteiger partial charge is 0.345 e. The van der Waals surface area contributed by atoms with Crippen LogP contribution in [0.4, 0.5) is 5.95 Å². The lowest BCUT2D eigenvalue weighted by Gasteiger charge is -2.13. The normalized spacial score (nSPS) is 12.1. The van der Waals surface area contributed by atoms with Gasteiger partial charge in [-0.3, -0.25) is 4.79 Å². The van der Waals surface area contributed by atoms with Crippen LogP contribution < -0.4 is 10.6 Å². The number of hydrogen-bond acceptors (Lipinski definition) is 5. The zero-order valence-corrected chi connectivity index (χ0v) is 12.0. The van der Waals surface area contributed by atoms with Crippen LogP contribution in [0, 0.1) is 11.3 Å². The predicted molar refractivity (Wildman–Crippen MR) is 82.4 cm³/mol. The fourth-order valence-corrected chi connectivity index (χ4v) is 1.76. The molecule has 1 heterocycles. The lowest BCUT2D eigenvalue weighted by atomic mass is 10.1. The van der Waals surface area contributed by atoms with Gasteiger partial charge >= 0.3 is 0 Å². The van der Waals surface area contributed by atoms with Crippen LogP contribution in [0.1, 0.15) is 18.5 Å². The molecule has 0 aliphatic heterocycles. The van der Waals surface area contributed by atoms with Crippen LogP contribution >= 0.6 is 0 Å². The molecule has 0 spiro atoms. The Bertz CT molecular complexity index is 691. The quantitative estimate of drug-likeness (QED) is 0.651. The van der Waals surface area contributed by atoms with E-state index in [1.54, 1.807) is 18.5 Å². The minimum atomic E-state index is -0.456. The molecule has 0 fully saturated rings. The van der Waals surface area contributed by atoms with Gasteiger partial charge in [-0.2, -0.15) is 5.26 Å². The Morgan fingerprint density at radius 3 is 2.55 bits per heavy atom. The molecular formula is C16H15N5O. The number of rotatable bonds is 5. The Morgan fingerprint density at radius 2 is 1.91 bits per heavy atom. The smallest absolute Gasteiger partial charge is 0.263 e. The first-order valence-corrected chi connectivity index (χ1v) is 6.70. The SMILES string of the molecule is CC(NC(=O)/C(C#N)=C\Nc1ncccn1)c1ccccc1. The summed E-state index contributed by atoms with van der Waals surface area (Å²) in [6.45, 7) is 1.86. The van der Waals surface area contributed by atoms with Crippen LogP contribution in [0.2, 0.25) is 0 Å². The molecule has 1 aromatic heterocycles. The van der Waals surface area contributed by atoms with Crippen molar-refractivity contribution in [3.8, 4) is 6.07 Å². The van der Waals surface area contributed by atoms with E-state index in [1.165, 1.54) is 6.20 Å². The number of amides is 1. The van der Waals surface area contributed by atoms with Crippen LogP contribution in [-0.4, -0.2) is 15.9 Å². The number of carbonyl (C=O) groups excluding carboxylic acids is 1. The van der Waals surface area contributed by atoms with E-state index in [9.17, 15) is 4.79 Å². The first-order chi connectivity index (χ1) is 10.7. The molecular weight excluding hydrogens is 278 g/mol. The molecule has 0 bridgehead atoms. The third kappa shape index (κ3) is 4.15. The molecule has 2 aromatic rings. The molecule has 110 valence electrons. The van der Waals surface area contributed by atoms with Crippen LogP contribution in [0.15, 0.2) is 60.6 Å². The van der Waals surface area contributed by atoms with Gasteiger partial charge in [-0.25, -0.2) is 9.97 Å². The van der Waals surface area contributed by atoms with Crippen molar-refractivity contribution in [1.82, 2.24) is 15.3 Å². The van der Waals surface area contributed by atoms with Gasteiger partial charge in [-0.1, -0.05) is 30.3 Å². The molecule has 0 saturated heterocycles. The third-order valence-electron chi connectivity index (χ3n) is 2.92. The van der Waals surface area contributed by atoms with E-state index in [4.69, 9.17) is 5.26 Å². The van der Waals surface area contributed by atoms with E-state index in [0.717, 1.165) is 5.56 Å². The Kier molecular flexibility index (Phi) is 5.21. The molecule has 1 amide bonds. The molecule has 0 saturated carbocycles. The van der Waals surface area contributed by atoms with Crippen molar-refractivity contribution >= 4 is 11.9 Å². The molecule has 0 radical (unpaired) electrons. The van der Waals surface area contributed by atoms with Gasteiger partial charge in [0.15, 0.2) is 0 Å². The molecule has 6 heteroatoms. The summed E-state index contributed by atoms with van der Waals surface area (Å²) in [5, 5.41) is 14.6. The van der Waals surface area contributed by atoms with Crippen LogP contribution in [0.5, 0.6) is 0 Å². The van der Waals surface area contributed by atoms with Crippen LogP contribution in [0.25, 0.3) is 0 Å². The fourth-order valence-electron chi connectivity index (χ4n) is 1.76. The molecule has 22 heavy (non-hydrogen) atoms. The second-order valence-electron chi connectivity index (χ2n) is 4.49. The molecule has 6 nitrogen and oxygen atoms in total. The van der Waals surface area contributed by atoms with Crippen molar-refractivity contribution < 1.29 is 4.79 Å². The topological polar surface area (TPSA) is 90.7 Å². The van der Waals surface area contributed by atoms with Gasteiger partial charge in [0.05, 0.1) is 6.04 Å². The highest BCUT2D eigenvalue weighted by molar-refractivity contribution is 5.97. The molecule has 2 N–H and O–H groups in total. The maximum absolute atomic E-state index is 12.1. The summed E-state index contributed by atoms with van der Waals surface area (Å²) < 4.78 is 0. The van der Waals surface area contributed by atoms with Crippen molar-refractivity contribution in [3.05, 3.63) is 66.1 Å². The Labute approximate surface area is 128 Å². The van der Waals surface area contributed by atoms with E-state index < -0.39 is 5.91 Å². The number of aromatic nitrogens is 2. The molecule has 1 aromatic carbocycles. The van der Waals surface area contributed by atoms with E-state index in [1.807, 2.05) is 43.3 Å². The number of nitriles is 1. The second kappa shape index (κ2) is 7.55. The molecule has 1 unspecified atom stereocenters. The van der Waals surface area contributed by atoms with Gasteiger partial charge in [-0.15, -0.1) is 0 Å². The summed E-state index contributed by atoms with van der Waals surface area (Å²) in [6.07, 6.45) is 4.42. The highest BCUT2D eigenvalue weighted by Gasteiger charge is 2.13. The van der Waals surface area contributed by atoms with Crippen molar-refractivity contribution in [3.63, 3.8) is 0 Å². The maximum atomic E-state index is 12.1. The first-order valence-electron chi connectivity index (χ1n) is 6.70. The highest BCUT2D eigenvalue weighted by atomic mass is 16.1. The van der Waals surface area contributed by atoms with E-state index in [-0.39, 0.29) is 11.6 Å². The molecule has 1 atom stereocenters. The Hall–Kier alpha value is -3.20. The molecule has 0 aliphatic carbocycles. The Balaban J connectivity index is 2.02. The minimum Gasteiger partial charge on any atom is -0.345 e. The summed E-state index contributed by atoms with van der Waals surface area (Å²) in [6, 6.07) is 12.9. The van der Waals surface area contributed by atoms with E-state index in [2.05, 4.69) is 20.6 Å². The van der Waals surface area contributed by atoms with Gasteiger partial charge in [0.2, 0.25) is 5.95 Å². The van der Waals surface area contributed by atoms with Gasteiger partial charge < -0.3 is 10.6 Å². The first kappa shape index (κ1) is 15.2. The van der Waals surface area contributed by atoms with Crippen molar-refractivity contribution in [2.24, 2.45) is 0 Å². The van der Waals surface area contributed by atoms with E-state index in [0.29, 0.717) is 5.95 Å². The lowest BCUT2D eigenvalue weighted by Crippen LogP contribution is -2.28. The summed E-state index contributed by atoms with van der Waals surface area (Å²) in [7, 11) is 0. The number of benzene rings is 1. The van der Waals surface area contributed by atoms with Gasteiger partial charge in [0.25, 0.3) is 5.91 Å². The van der Waals surface area contributed by atoms with Crippen LogP contribution in [0.3, 0.4) is 0 Å². The minimum absolute atomic E-state index is 0.0461.